The van der Waals surface area contributed by atoms with Gasteiger partial charge < -0.3 is 10.2 Å². The van der Waals surface area contributed by atoms with Crippen molar-refractivity contribution in [1.82, 2.24) is 15.0 Å². The van der Waals surface area contributed by atoms with Crippen LogP contribution >= 0.6 is 23.4 Å². The molecule has 0 saturated carbocycles. The molecule has 2 N–H and O–H groups in total. The third-order valence-electron chi connectivity index (χ3n) is 3.30. The number of anilines is 1. The maximum Gasteiger partial charge on any atom is 0.420 e. The Morgan fingerprint density at radius 1 is 1.27 bits per heavy atom. The molecule has 0 spiro atoms. The van der Waals surface area contributed by atoms with Crippen LogP contribution in [0.25, 0.3) is 11.0 Å². The minimum Gasteiger partial charge on any atom is -0.460 e. The molecule has 3 aromatic heterocycles. The number of nitrogens with zero attached hydrogens (tertiary/aromatic N) is 4. The van der Waals surface area contributed by atoms with Crippen molar-refractivity contribution in [3.8, 4) is 6.07 Å². The topological polar surface area (TPSA) is 102 Å². The number of thioether (sulfide) groups is 1. The molecule has 0 fully saturated rings. The fraction of sp³-hybridized carbons (Fsp3) is 0.200. The zero-order valence-corrected chi connectivity index (χ0v) is 14.4. The van der Waals surface area contributed by atoms with Crippen molar-refractivity contribution in [3.63, 3.8) is 0 Å². The first-order valence-electron chi connectivity index (χ1n) is 7.09. The van der Waals surface area contributed by atoms with Crippen LogP contribution in [-0.2, 0) is 12.6 Å². The van der Waals surface area contributed by atoms with Crippen LogP contribution in [0.2, 0.25) is 5.15 Å². The Kier molecular flexibility index (Phi) is 4.93. The lowest BCUT2D eigenvalue weighted by Crippen LogP contribution is -2.04. The van der Waals surface area contributed by atoms with Gasteiger partial charge in [0.1, 0.15) is 29.4 Å². The van der Waals surface area contributed by atoms with Gasteiger partial charge in [0, 0.05) is 22.9 Å². The molecule has 0 bridgehead atoms. The second-order valence-corrected chi connectivity index (χ2v) is 6.52. The summed E-state index contributed by atoms with van der Waals surface area (Å²) in [6.45, 7) is 0. The summed E-state index contributed by atoms with van der Waals surface area (Å²) < 4.78 is 43.9. The highest BCUT2D eigenvalue weighted by Crippen LogP contribution is 2.38. The lowest BCUT2D eigenvalue weighted by Gasteiger charge is -2.05. The standard InChI is InChI=1S/C15H9ClF3N5OS/c16-13-12-9(10(6-25-12)15(17,18)19)3-7(22-13)1-2-26-14-23-8(5-20)4-11(21)24-14/h3-4,6H,1-2H2,(H2,21,23,24). The van der Waals surface area contributed by atoms with Crippen LogP contribution < -0.4 is 5.73 Å². The van der Waals surface area contributed by atoms with Gasteiger partial charge in [-0.3, -0.25) is 0 Å². The van der Waals surface area contributed by atoms with Crippen LogP contribution in [0.15, 0.2) is 28.0 Å². The molecule has 0 aliphatic rings. The van der Waals surface area contributed by atoms with Crippen molar-refractivity contribution in [2.45, 2.75) is 17.8 Å². The predicted octanol–water partition coefficient (Wildman–Crippen LogP) is 4.08. The predicted molar refractivity (Wildman–Crippen MR) is 89.6 cm³/mol. The SMILES string of the molecule is N#Cc1cc(N)nc(SCCc2cc3c(C(F)(F)F)coc3c(Cl)n2)n1. The number of rotatable bonds is 4. The fourth-order valence-electron chi connectivity index (χ4n) is 2.21. The quantitative estimate of drug-likeness (QED) is 0.400. The molecule has 0 aliphatic heterocycles. The third-order valence-corrected chi connectivity index (χ3v) is 4.41. The molecule has 0 saturated heterocycles. The van der Waals surface area contributed by atoms with E-state index in [0.29, 0.717) is 29.3 Å². The average Bonchev–Trinajstić information content (AvgIpc) is 2.99. The molecule has 11 heteroatoms. The maximum absolute atomic E-state index is 13.0. The number of halogens is 4. The summed E-state index contributed by atoms with van der Waals surface area (Å²) in [5, 5.41) is 8.89. The van der Waals surface area contributed by atoms with Gasteiger partial charge in [0.25, 0.3) is 0 Å². The van der Waals surface area contributed by atoms with E-state index in [-0.39, 0.29) is 27.6 Å². The summed E-state index contributed by atoms with van der Waals surface area (Å²) in [6.07, 6.45) is -3.62. The number of fused-ring (bicyclic) bond motifs is 1. The number of hydrogen-bond acceptors (Lipinski definition) is 7. The lowest BCUT2D eigenvalue weighted by molar-refractivity contribution is -0.136. The maximum atomic E-state index is 13.0. The van der Waals surface area contributed by atoms with Crippen molar-refractivity contribution in [2.75, 3.05) is 11.5 Å². The number of pyridine rings is 1. The Hall–Kier alpha value is -2.51. The number of nitrogen functional groups attached to an aromatic ring is 1. The number of furan rings is 1. The highest BCUT2D eigenvalue weighted by atomic mass is 35.5. The van der Waals surface area contributed by atoms with Gasteiger partial charge in [-0.1, -0.05) is 23.4 Å². The van der Waals surface area contributed by atoms with Crippen LogP contribution in [0, 0.1) is 11.3 Å². The molecule has 0 atom stereocenters. The zero-order valence-electron chi connectivity index (χ0n) is 12.8. The number of nitriles is 1. The third kappa shape index (κ3) is 3.84. The monoisotopic (exact) mass is 399 g/mol. The molecule has 6 nitrogen and oxygen atoms in total. The molecule has 0 aromatic carbocycles. The van der Waals surface area contributed by atoms with E-state index in [4.69, 9.17) is 27.0 Å². The molecule has 0 unspecified atom stereocenters. The summed E-state index contributed by atoms with van der Waals surface area (Å²) in [4.78, 5) is 12.0. The van der Waals surface area contributed by atoms with Gasteiger partial charge in [-0.25, -0.2) is 15.0 Å². The van der Waals surface area contributed by atoms with E-state index in [9.17, 15) is 13.2 Å². The first-order valence-corrected chi connectivity index (χ1v) is 8.45. The van der Waals surface area contributed by atoms with E-state index < -0.39 is 11.7 Å². The highest BCUT2D eigenvalue weighted by molar-refractivity contribution is 7.99. The van der Waals surface area contributed by atoms with Crippen LogP contribution in [0.3, 0.4) is 0 Å². The van der Waals surface area contributed by atoms with Crippen LogP contribution in [0.1, 0.15) is 17.0 Å². The van der Waals surface area contributed by atoms with Gasteiger partial charge in [-0.15, -0.1) is 0 Å². The van der Waals surface area contributed by atoms with Crippen molar-refractivity contribution >= 4 is 40.1 Å². The molecule has 0 aliphatic carbocycles. The van der Waals surface area contributed by atoms with E-state index in [1.807, 2.05) is 6.07 Å². The molecule has 0 amide bonds. The summed E-state index contributed by atoms with van der Waals surface area (Å²) in [5.74, 6) is 0.567. The molecule has 0 radical (unpaired) electrons. The van der Waals surface area contributed by atoms with Crippen LogP contribution in [0.5, 0.6) is 0 Å². The van der Waals surface area contributed by atoms with Crippen LogP contribution in [0.4, 0.5) is 19.0 Å². The van der Waals surface area contributed by atoms with Crippen molar-refractivity contribution in [1.29, 1.82) is 5.26 Å². The average molecular weight is 400 g/mol. The second kappa shape index (κ2) is 7.01. The van der Waals surface area contributed by atoms with Gasteiger partial charge in [-0.05, 0) is 12.5 Å². The molecule has 3 rings (SSSR count). The van der Waals surface area contributed by atoms with Crippen molar-refractivity contribution in [2.24, 2.45) is 0 Å². The summed E-state index contributed by atoms with van der Waals surface area (Å²) in [6, 6.07) is 4.51. The van der Waals surface area contributed by atoms with Gasteiger partial charge in [0.2, 0.25) is 0 Å². The minimum absolute atomic E-state index is 0.103. The number of nitrogens with two attached hydrogens (primary N) is 1. The molecular formula is C15H9ClF3N5OS. The first kappa shape index (κ1) is 18.3. The number of aryl methyl sites for hydroxylation is 1. The van der Waals surface area contributed by atoms with Crippen molar-refractivity contribution < 1.29 is 17.6 Å². The molecular weight excluding hydrogens is 391 g/mol. The van der Waals surface area contributed by atoms with Gasteiger partial charge in [0.05, 0.1) is 0 Å². The minimum atomic E-state index is -4.55. The van der Waals surface area contributed by atoms with E-state index in [2.05, 4.69) is 15.0 Å². The van der Waals surface area contributed by atoms with E-state index in [1.165, 1.54) is 23.9 Å². The highest BCUT2D eigenvalue weighted by Gasteiger charge is 2.35. The number of hydrogen-bond donors (Lipinski definition) is 1. The summed E-state index contributed by atoms with van der Waals surface area (Å²) >= 11 is 7.13. The Morgan fingerprint density at radius 2 is 2.04 bits per heavy atom. The van der Waals surface area contributed by atoms with E-state index >= 15 is 0 Å². The molecule has 26 heavy (non-hydrogen) atoms. The number of alkyl halides is 3. The van der Waals surface area contributed by atoms with Crippen molar-refractivity contribution in [3.05, 3.63) is 40.5 Å². The second-order valence-electron chi connectivity index (χ2n) is 5.10. The van der Waals surface area contributed by atoms with E-state index in [0.717, 1.165) is 0 Å². The first-order chi connectivity index (χ1) is 12.3. The molecule has 134 valence electrons. The Balaban J connectivity index is 1.79. The Morgan fingerprint density at radius 3 is 2.73 bits per heavy atom. The largest absolute Gasteiger partial charge is 0.460 e. The fourth-order valence-corrected chi connectivity index (χ4v) is 3.29. The van der Waals surface area contributed by atoms with E-state index in [1.54, 1.807) is 0 Å². The normalized spacial score (nSPS) is 11.7. The van der Waals surface area contributed by atoms with Gasteiger partial charge >= 0.3 is 6.18 Å². The summed E-state index contributed by atoms with van der Waals surface area (Å²) in [7, 11) is 0. The lowest BCUT2D eigenvalue weighted by atomic mass is 10.1. The van der Waals surface area contributed by atoms with Gasteiger partial charge in [0.15, 0.2) is 15.9 Å². The number of aromatic nitrogens is 3. The Bertz CT molecular complexity index is 1010. The molecule has 3 aromatic rings. The summed E-state index contributed by atoms with van der Waals surface area (Å²) in [5.41, 5.74) is 5.08. The molecule has 3 heterocycles. The van der Waals surface area contributed by atoms with Gasteiger partial charge in [-0.2, -0.15) is 18.4 Å². The van der Waals surface area contributed by atoms with Crippen LogP contribution in [-0.4, -0.2) is 20.7 Å². The smallest absolute Gasteiger partial charge is 0.420 e. The Labute approximate surface area is 154 Å². The zero-order chi connectivity index (χ0) is 18.9.